The molecular weight excluding hydrogens is 206 g/mol. The van der Waals surface area contributed by atoms with E-state index in [2.05, 4.69) is 12.2 Å². The van der Waals surface area contributed by atoms with Gasteiger partial charge in [-0.3, -0.25) is 0 Å². The standard InChI is InChI=1S/C12H11NOS/c1-7-13-12-9-5-3-2-4-8(9)10(14)6-11(12)15-7/h2-7,13-14H,1H3. The maximum Gasteiger partial charge on any atom is 0.124 e. The lowest BCUT2D eigenvalue weighted by Gasteiger charge is -2.07. The van der Waals surface area contributed by atoms with Crippen molar-refractivity contribution < 1.29 is 5.11 Å². The molecule has 1 aliphatic heterocycles. The zero-order valence-electron chi connectivity index (χ0n) is 8.32. The van der Waals surface area contributed by atoms with Gasteiger partial charge in [-0.25, -0.2) is 0 Å². The molecule has 0 amide bonds. The maximum atomic E-state index is 9.88. The summed E-state index contributed by atoms with van der Waals surface area (Å²) in [5.41, 5.74) is 1.15. The van der Waals surface area contributed by atoms with Crippen LogP contribution in [-0.4, -0.2) is 10.5 Å². The SMILES string of the molecule is CC1Nc2c(cc(O)c3ccccc23)S1. The fourth-order valence-corrected chi connectivity index (χ4v) is 3.02. The lowest BCUT2D eigenvalue weighted by Crippen LogP contribution is -2.02. The van der Waals surface area contributed by atoms with Gasteiger partial charge in [0.05, 0.1) is 11.1 Å². The summed E-state index contributed by atoms with van der Waals surface area (Å²) in [5.74, 6) is 0.368. The summed E-state index contributed by atoms with van der Waals surface area (Å²) in [6.45, 7) is 2.12. The molecule has 0 aromatic heterocycles. The largest absolute Gasteiger partial charge is 0.507 e. The first kappa shape index (κ1) is 8.92. The molecule has 3 heteroatoms. The van der Waals surface area contributed by atoms with E-state index >= 15 is 0 Å². The van der Waals surface area contributed by atoms with Crippen LogP contribution in [0, 0.1) is 0 Å². The highest BCUT2D eigenvalue weighted by atomic mass is 32.2. The summed E-state index contributed by atoms with van der Waals surface area (Å²) in [6.07, 6.45) is 0. The number of benzene rings is 2. The van der Waals surface area contributed by atoms with E-state index in [0.29, 0.717) is 11.1 Å². The third-order valence-electron chi connectivity index (χ3n) is 2.64. The molecule has 0 aliphatic carbocycles. The third-order valence-corrected chi connectivity index (χ3v) is 3.69. The molecule has 1 unspecified atom stereocenters. The zero-order chi connectivity index (χ0) is 10.4. The van der Waals surface area contributed by atoms with Crippen molar-refractivity contribution in [3.05, 3.63) is 30.3 Å². The Morgan fingerprint density at radius 3 is 2.80 bits per heavy atom. The molecule has 1 atom stereocenters. The van der Waals surface area contributed by atoms with Gasteiger partial charge in [-0.2, -0.15) is 0 Å². The predicted octanol–water partition coefficient (Wildman–Crippen LogP) is 3.41. The van der Waals surface area contributed by atoms with Crippen molar-refractivity contribution in [3.63, 3.8) is 0 Å². The van der Waals surface area contributed by atoms with Gasteiger partial charge in [0.25, 0.3) is 0 Å². The van der Waals surface area contributed by atoms with Crippen LogP contribution in [0.25, 0.3) is 10.8 Å². The van der Waals surface area contributed by atoms with Crippen LogP contribution in [0.5, 0.6) is 5.75 Å². The lowest BCUT2D eigenvalue weighted by atomic mass is 10.1. The molecule has 3 rings (SSSR count). The number of anilines is 1. The Morgan fingerprint density at radius 2 is 2.00 bits per heavy atom. The second-order valence-electron chi connectivity index (χ2n) is 3.72. The first-order chi connectivity index (χ1) is 7.25. The number of thioether (sulfide) groups is 1. The van der Waals surface area contributed by atoms with Crippen molar-refractivity contribution in [1.29, 1.82) is 0 Å². The van der Waals surface area contributed by atoms with E-state index in [1.54, 1.807) is 11.8 Å². The second-order valence-corrected chi connectivity index (χ2v) is 5.10. The molecule has 2 N–H and O–H groups in total. The summed E-state index contributed by atoms with van der Waals surface area (Å²) in [6, 6.07) is 9.77. The van der Waals surface area contributed by atoms with Gasteiger partial charge in [0, 0.05) is 15.7 Å². The number of fused-ring (bicyclic) bond motifs is 3. The molecule has 76 valence electrons. The van der Waals surface area contributed by atoms with E-state index in [1.165, 1.54) is 0 Å². The van der Waals surface area contributed by atoms with Gasteiger partial charge in [0.1, 0.15) is 5.75 Å². The quantitative estimate of drug-likeness (QED) is 0.663. The van der Waals surface area contributed by atoms with Crippen molar-refractivity contribution >= 4 is 28.2 Å². The monoisotopic (exact) mass is 217 g/mol. The average molecular weight is 217 g/mol. The maximum absolute atomic E-state index is 9.88. The molecular formula is C12H11NOS. The predicted molar refractivity (Wildman–Crippen MR) is 64.6 cm³/mol. The van der Waals surface area contributed by atoms with Gasteiger partial charge in [-0.15, -0.1) is 0 Å². The van der Waals surface area contributed by atoms with Gasteiger partial charge in [0.2, 0.25) is 0 Å². The minimum absolute atomic E-state index is 0.368. The number of hydrogen-bond donors (Lipinski definition) is 2. The fraction of sp³-hybridized carbons (Fsp3) is 0.167. The Bertz CT molecular complexity index is 538. The third kappa shape index (κ3) is 1.27. The van der Waals surface area contributed by atoms with Gasteiger partial charge >= 0.3 is 0 Å². The van der Waals surface area contributed by atoms with Crippen molar-refractivity contribution in [1.82, 2.24) is 0 Å². The van der Waals surface area contributed by atoms with Crippen LogP contribution < -0.4 is 5.32 Å². The fourth-order valence-electron chi connectivity index (χ4n) is 2.00. The summed E-state index contributed by atoms with van der Waals surface area (Å²) in [5, 5.41) is 15.7. The van der Waals surface area contributed by atoms with E-state index in [-0.39, 0.29) is 0 Å². The summed E-state index contributed by atoms with van der Waals surface area (Å²) in [4.78, 5) is 1.14. The van der Waals surface area contributed by atoms with Crippen LogP contribution in [0.2, 0.25) is 0 Å². The molecule has 0 radical (unpaired) electrons. The van der Waals surface area contributed by atoms with Gasteiger partial charge in [-0.05, 0) is 13.0 Å². The number of aromatic hydroxyl groups is 1. The van der Waals surface area contributed by atoms with Gasteiger partial charge < -0.3 is 10.4 Å². The first-order valence-electron chi connectivity index (χ1n) is 4.93. The summed E-state index contributed by atoms with van der Waals surface area (Å²) < 4.78 is 0. The Balaban J connectivity index is 2.38. The molecule has 2 nitrogen and oxygen atoms in total. The Labute approximate surface area is 92.3 Å². The highest BCUT2D eigenvalue weighted by Crippen LogP contribution is 2.45. The van der Waals surface area contributed by atoms with Crippen molar-refractivity contribution in [3.8, 4) is 5.75 Å². The molecule has 1 aliphatic rings. The Hall–Kier alpha value is -1.35. The molecule has 0 fully saturated rings. The number of hydrogen-bond acceptors (Lipinski definition) is 3. The number of phenolic OH excluding ortho intramolecular Hbond substituents is 1. The van der Waals surface area contributed by atoms with Crippen molar-refractivity contribution in [2.24, 2.45) is 0 Å². The summed E-state index contributed by atoms with van der Waals surface area (Å²) in [7, 11) is 0. The number of rotatable bonds is 0. The average Bonchev–Trinajstić information content (AvgIpc) is 2.59. The zero-order valence-corrected chi connectivity index (χ0v) is 9.14. The normalized spacial score (nSPS) is 18.9. The molecule has 0 saturated carbocycles. The minimum Gasteiger partial charge on any atom is -0.507 e. The smallest absolute Gasteiger partial charge is 0.124 e. The Morgan fingerprint density at radius 1 is 1.27 bits per heavy atom. The molecule has 0 saturated heterocycles. The van der Waals surface area contributed by atoms with E-state index in [1.807, 2.05) is 30.3 Å². The number of nitrogens with one attached hydrogen (secondary N) is 1. The van der Waals surface area contributed by atoms with Crippen LogP contribution in [-0.2, 0) is 0 Å². The van der Waals surface area contributed by atoms with E-state index in [0.717, 1.165) is 21.4 Å². The van der Waals surface area contributed by atoms with E-state index < -0.39 is 0 Å². The van der Waals surface area contributed by atoms with E-state index in [9.17, 15) is 5.11 Å². The van der Waals surface area contributed by atoms with Crippen LogP contribution in [0.3, 0.4) is 0 Å². The molecule has 2 aromatic carbocycles. The molecule has 0 bridgehead atoms. The van der Waals surface area contributed by atoms with Crippen LogP contribution in [0.4, 0.5) is 5.69 Å². The number of phenols is 1. The molecule has 0 spiro atoms. The first-order valence-corrected chi connectivity index (χ1v) is 5.81. The molecule has 1 heterocycles. The second kappa shape index (κ2) is 3.07. The van der Waals surface area contributed by atoms with Gasteiger partial charge in [-0.1, -0.05) is 36.0 Å². The summed E-state index contributed by atoms with van der Waals surface area (Å²) >= 11 is 1.75. The minimum atomic E-state index is 0.368. The van der Waals surface area contributed by atoms with Crippen LogP contribution in [0.1, 0.15) is 6.92 Å². The Kier molecular flexibility index (Phi) is 1.83. The van der Waals surface area contributed by atoms with Crippen LogP contribution >= 0.6 is 11.8 Å². The lowest BCUT2D eigenvalue weighted by molar-refractivity contribution is 0.480. The van der Waals surface area contributed by atoms with Crippen molar-refractivity contribution in [2.75, 3.05) is 5.32 Å². The van der Waals surface area contributed by atoms with E-state index in [4.69, 9.17) is 0 Å². The molecule has 2 aromatic rings. The van der Waals surface area contributed by atoms with Crippen molar-refractivity contribution in [2.45, 2.75) is 17.2 Å². The van der Waals surface area contributed by atoms with Gasteiger partial charge in [0.15, 0.2) is 0 Å². The molecule has 15 heavy (non-hydrogen) atoms. The topological polar surface area (TPSA) is 32.3 Å². The highest BCUT2D eigenvalue weighted by Gasteiger charge is 2.21. The van der Waals surface area contributed by atoms with Crippen LogP contribution in [0.15, 0.2) is 35.2 Å². The highest BCUT2D eigenvalue weighted by molar-refractivity contribution is 8.00.